The number of nitrogens with zero attached hydrogens (tertiary/aromatic N) is 1. The minimum absolute atomic E-state index is 0.202. The van der Waals surface area contributed by atoms with Crippen molar-refractivity contribution in [1.82, 2.24) is 4.90 Å². The molecular weight excluding hydrogens is 254 g/mol. The van der Waals surface area contributed by atoms with E-state index in [2.05, 4.69) is 6.58 Å². The van der Waals surface area contributed by atoms with E-state index < -0.39 is 0 Å². The molecule has 1 amide bonds. The number of carbonyl (C=O) groups excluding carboxylic acids is 2. The molecule has 2 rings (SSSR count). The Morgan fingerprint density at radius 3 is 2.70 bits per heavy atom. The van der Waals surface area contributed by atoms with Crippen LogP contribution in [0.4, 0.5) is 0 Å². The van der Waals surface area contributed by atoms with Crippen LogP contribution in [-0.2, 0) is 16.1 Å². The zero-order valence-corrected chi connectivity index (χ0v) is 11.7. The summed E-state index contributed by atoms with van der Waals surface area (Å²) in [5, 5.41) is 0. The fourth-order valence-corrected chi connectivity index (χ4v) is 2.12. The second kappa shape index (κ2) is 6.37. The highest BCUT2D eigenvalue weighted by atomic mass is 16.5. The molecule has 1 heterocycles. The third-order valence-electron chi connectivity index (χ3n) is 3.36. The van der Waals surface area contributed by atoms with Crippen LogP contribution in [0.5, 0.6) is 0 Å². The largest absolute Gasteiger partial charge is 0.455 e. The van der Waals surface area contributed by atoms with Gasteiger partial charge in [0.25, 0.3) is 0 Å². The lowest BCUT2D eigenvalue weighted by Crippen LogP contribution is -2.23. The number of hydrogen-bond acceptors (Lipinski definition) is 3. The molecule has 1 aromatic rings. The van der Waals surface area contributed by atoms with Crippen molar-refractivity contribution < 1.29 is 14.3 Å². The third-order valence-corrected chi connectivity index (χ3v) is 3.36. The Hall–Kier alpha value is -2.10. The Balaban J connectivity index is 1.97. The van der Waals surface area contributed by atoms with E-state index in [1.165, 1.54) is 0 Å². The first-order valence-corrected chi connectivity index (χ1v) is 6.80. The van der Waals surface area contributed by atoms with Gasteiger partial charge >= 0.3 is 5.97 Å². The molecule has 0 bridgehead atoms. The minimum atomic E-state index is -0.360. The standard InChI is InChI=1S/C16H19NO3/c1-3-12(2)20-16(19)14-8-6-13(7-9-14)11-17-10-4-5-15(17)18/h3,6-9,12H,1,4-5,10-11H2,2H3. The first-order valence-electron chi connectivity index (χ1n) is 6.80. The molecule has 1 aliphatic rings. The monoisotopic (exact) mass is 273 g/mol. The molecule has 0 spiro atoms. The number of ether oxygens (including phenoxy) is 1. The number of amides is 1. The number of rotatable bonds is 5. The molecule has 1 aromatic carbocycles. The predicted molar refractivity (Wildman–Crippen MR) is 76.2 cm³/mol. The molecule has 0 radical (unpaired) electrons. The van der Waals surface area contributed by atoms with Gasteiger partial charge in [-0.15, -0.1) is 0 Å². The summed E-state index contributed by atoms with van der Waals surface area (Å²) in [6.45, 7) is 6.76. The summed E-state index contributed by atoms with van der Waals surface area (Å²) in [5.41, 5.74) is 1.53. The molecule has 4 nitrogen and oxygen atoms in total. The van der Waals surface area contributed by atoms with Crippen molar-refractivity contribution in [2.45, 2.75) is 32.4 Å². The summed E-state index contributed by atoms with van der Waals surface area (Å²) in [4.78, 5) is 25.2. The Labute approximate surface area is 119 Å². The Morgan fingerprint density at radius 1 is 1.45 bits per heavy atom. The molecule has 1 aliphatic heterocycles. The summed E-state index contributed by atoms with van der Waals surface area (Å²) in [6.07, 6.45) is 2.85. The van der Waals surface area contributed by atoms with Gasteiger partial charge in [-0.05, 0) is 31.0 Å². The van der Waals surface area contributed by atoms with Crippen LogP contribution >= 0.6 is 0 Å². The fourth-order valence-electron chi connectivity index (χ4n) is 2.12. The van der Waals surface area contributed by atoms with E-state index in [9.17, 15) is 9.59 Å². The number of hydrogen-bond donors (Lipinski definition) is 0. The van der Waals surface area contributed by atoms with E-state index in [1.54, 1.807) is 25.1 Å². The lowest BCUT2D eigenvalue weighted by atomic mass is 10.1. The normalized spacial score (nSPS) is 16.1. The molecule has 1 fully saturated rings. The SMILES string of the molecule is C=CC(C)OC(=O)c1ccc(CN2CCCC2=O)cc1. The summed E-state index contributed by atoms with van der Waals surface area (Å²) < 4.78 is 5.15. The summed E-state index contributed by atoms with van der Waals surface area (Å²) in [5.74, 6) is -0.158. The molecule has 1 saturated heterocycles. The van der Waals surface area contributed by atoms with Crippen LogP contribution in [0.25, 0.3) is 0 Å². The van der Waals surface area contributed by atoms with Crippen molar-refractivity contribution >= 4 is 11.9 Å². The van der Waals surface area contributed by atoms with Crippen molar-refractivity contribution in [2.75, 3.05) is 6.54 Å². The van der Waals surface area contributed by atoms with Crippen LogP contribution in [0.3, 0.4) is 0 Å². The maximum absolute atomic E-state index is 11.8. The predicted octanol–water partition coefficient (Wildman–Crippen LogP) is 2.54. The Kier molecular flexibility index (Phi) is 4.56. The molecule has 1 unspecified atom stereocenters. The van der Waals surface area contributed by atoms with E-state index in [1.807, 2.05) is 17.0 Å². The zero-order chi connectivity index (χ0) is 14.5. The van der Waals surface area contributed by atoms with E-state index in [4.69, 9.17) is 4.74 Å². The zero-order valence-electron chi connectivity index (χ0n) is 11.7. The van der Waals surface area contributed by atoms with E-state index in [-0.39, 0.29) is 18.0 Å². The smallest absolute Gasteiger partial charge is 0.338 e. The highest BCUT2D eigenvalue weighted by Crippen LogP contribution is 2.15. The van der Waals surface area contributed by atoms with Crippen molar-refractivity contribution in [3.63, 3.8) is 0 Å². The molecule has 1 atom stereocenters. The highest BCUT2D eigenvalue weighted by Gasteiger charge is 2.20. The number of esters is 1. The maximum atomic E-state index is 11.8. The van der Waals surface area contributed by atoms with Crippen LogP contribution in [0, 0.1) is 0 Å². The molecule has 0 aliphatic carbocycles. The summed E-state index contributed by atoms with van der Waals surface area (Å²) in [7, 11) is 0. The van der Waals surface area contributed by atoms with Gasteiger partial charge in [0.1, 0.15) is 6.10 Å². The fraction of sp³-hybridized carbons (Fsp3) is 0.375. The third kappa shape index (κ3) is 3.47. The average molecular weight is 273 g/mol. The van der Waals surface area contributed by atoms with Gasteiger partial charge < -0.3 is 9.64 Å². The van der Waals surface area contributed by atoms with Gasteiger partial charge in [0.2, 0.25) is 5.91 Å². The molecule has 0 N–H and O–H groups in total. The molecule has 106 valence electrons. The first-order chi connectivity index (χ1) is 9.60. The van der Waals surface area contributed by atoms with Crippen LogP contribution < -0.4 is 0 Å². The molecule has 0 aromatic heterocycles. The van der Waals surface area contributed by atoms with Gasteiger partial charge in [0, 0.05) is 19.5 Å². The van der Waals surface area contributed by atoms with Crippen LogP contribution in [-0.4, -0.2) is 29.4 Å². The van der Waals surface area contributed by atoms with Gasteiger partial charge in [-0.3, -0.25) is 4.79 Å². The van der Waals surface area contributed by atoms with E-state index >= 15 is 0 Å². The molecule has 20 heavy (non-hydrogen) atoms. The van der Waals surface area contributed by atoms with Crippen LogP contribution in [0.2, 0.25) is 0 Å². The van der Waals surface area contributed by atoms with Crippen molar-refractivity contribution in [3.8, 4) is 0 Å². The Bertz CT molecular complexity index is 507. The van der Waals surface area contributed by atoms with Gasteiger partial charge in [-0.25, -0.2) is 4.79 Å². The lowest BCUT2D eigenvalue weighted by molar-refractivity contribution is -0.128. The van der Waals surface area contributed by atoms with E-state index in [0.29, 0.717) is 18.5 Å². The second-order valence-electron chi connectivity index (χ2n) is 4.96. The van der Waals surface area contributed by atoms with Gasteiger partial charge in [0.15, 0.2) is 0 Å². The highest BCUT2D eigenvalue weighted by molar-refractivity contribution is 5.89. The number of carbonyl (C=O) groups is 2. The average Bonchev–Trinajstić information content (AvgIpc) is 2.85. The minimum Gasteiger partial charge on any atom is -0.455 e. The molecular formula is C16H19NO3. The topological polar surface area (TPSA) is 46.6 Å². The second-order valence-corrected chi connectivity index (χ2v) is 4.96. The van der Waals surface area contributed by atoms with Crippen LogP contribution in [0.15, 0.2) is 36.9 Å². The number of likely N-dealkylation sites (tertiary alicyclic amines) is 1. The van der Waals surface area contributed by atoms with E-state index in [0.717, 1.165) is 18.5 Å². The van der Waals surface area contributed by atoms with Gasteiger partial charge in [-0.2, -0.15) is 0 Å². The summed E-state index contributed by atoms with van der Waals surface area (Å²) >= 11 is 0. The number of benzene rings is 1. The van der Waals surface area contributed by atoms with Gasteiger partial charge in [0.05, 0.1) is 5.56 Å². The first kappa shape index (κ1) is 14.3. The molecule has 0 saturated carbocycles. The quantitative estimate of drug-likeness (QED) is 0.612. The lowest BCUT2D eigenvalue weighted by Gasteiger charge is -2.15. The molecule has 4 heteroatoms. The van der Waals surface area contributed by atoms with Crippen molar-refractivity contribution in [2.24, 2.45) is 0 Å². The maximum Gasteiger partial charge on any atom is 0.338 e. The van der Waals surface area contributed by atoms with Crippen LogP contribution in [0.1, 0.15) is 35.7 Å². The van der Waals surface area contributed by atoms with Crippen molar-refractivity contribution in [1.29, 1.82) is 0 Å². The van der Waals surface area contributed by atoms with Gasteiger partial charge in [-0.1, -0.05) is 24.8 Å². The summed E-state index contributed by atoms with van der Waals surface area (Å²) in [6, 6.07) is 7.18. The van der Waals surface area contributed by atoms with Crippen molar-refractivity contribution in [3.05, 3.63) is 48.0 Å². The Morgan fingerprint density at radius 2 is 2.15 bits per heavy atom.